The summed E-state index contributed by atoms with van der Waals surface area (Å²) in [6.45, 7) is 4.33. The Bertz CT molecular complexity index is 442. The van der Waals surface area contributed by atoms with Crippen LogP contribution >= 0.6 is 0 Å². The van der Waals surface area contributed by atoms with Crippen LogP contribution in [-0.2, 0) is 16.1 Å². The van der Waals surface area contributed by atoms with Crippen LogP contribution in [0.5, 0.6) is 5.75 Å². The van der Waals surface area contributed by atoms with Crippen molar-refractivity contribution >= 4 is 5.91 Å². The largest absolute Gasteiger partial charge is 0.496 e. The third-order valence-corrected chi connectivity index (χ3v) is 3.16. The van der Waals surface area contributed by atoms with Crippen LogP contribution in [0.25, 0.3) is 0 Å². The fraction of sp³-hybridized carbons (Fsp3) is 0.500. The Morgan fingerprint density at radius 2 is 2.42 bits per heavy atom. The number of amides is 1. The molecule has 1 aromatic rings. The monoisotopic (exact) mass is 264 g/mol. The molecule has 1 heterocycles. The maximum absolute atomic E-state index is 11.9. The first-order chi connectivity index (χ1) is 9.20. The molecule has 0 aromatic heterocycles. The van der Waals surface area contributed by atoms with E-state index in [0.29, 0.717) is 19.8 Å². The maximum atomic E-state index is 11.9. The van der Waals surface area contributed by atoms with Gasteiger partial charge in [-0.15, -0.1) is 0 Å². The minimum absolute atomic E-state index is 0.0202. The van der Waals surface area contributed by atoms with Crippen LogP contribution in [-0.4, -0.2) is 38.8 Å². The minimum atomic E-state index is -0.243. The Labute approximate surface area is 113 Å². The van der Waals surface area contributed by atoms with E-state index >= 15 is 0 Å². The molecule has 1 aliphatic rings. The Hall–Kier alpha value is -1.59. The molecule has 1 saturated heterocycles. The van der Waals surface area contributed by atoms with Gasteiger partial charge in [-0.2, -0.15) is 0 Å². The van der Waals surface area contributed by atoms with Gasteiger partial charge in [0.15, 0.2) is 0 Å². The van der Waals surface area contributed by atoms with Gasteiger partial charge in [0.25, 0.3) is 0 Å². The Morgan fingerprint density at radius 3 is 3.05 bits per heavy atom. The number of benzene rings is 1. The van der Waals surface area contributed by atoms with Gasteiger partial charge >= 0.3 is 0 Å². The number of hydrogen-bond donors (Lipinski definition) is 2. The molecular formula is C14H20N2O3. The summed E-state index contributed by atoms with van der Waals surface area (Å²) in [5.41, 5.74) is 2.12. The summed E-state index contributed by atoms with van der Waals surface area (Å²) in [5, 5.41) is 6.04. The summed E-state index contributed by atoms with van der Waals surface area (Å²) in [5.74, 6) is 0.839. The number of rotatable bonds is 4. The quantitative estimate of drug-likeness (QED) is 0.836. The van der Waals surface area contributed by atoms with Gasteiger partial charge in [0, 0.05) is 13.1 Å². The lowest BCUT2D eigenvalue weighted by Gasteiger charge is -2.22. The molecule has 19 heavy (non-hydrogen) atoms. The summed E-state index contributed by atoms with van der Waals surface area (Å²) < 4.78 is 10.5. The van der Waals surface area contributed by atoms with E-state index in [1.54, 1.807) is 7.11 Å². The predicted molar refractivity (Wildman–Crippen MR) is 72.2 cm³/mol. The molecule has 0 spiro atoms. The van der Waals surface area contributed by atoms with Gasteiger partial charge in [-0.3, -0.25) is 4.79 Å². The number of ether oxygens (including phenoxy) is 2. The molecule has 2 N–H and O–H groups in total. The molecule has 2 rings (SSSR count). The van der Waals surface area contributed by atoms with E-state index in [4.69, 9.17) is 9.47 Å². The number of hydrogen-bond acceptors (Lipinski definition) is 4. The van der Waals surface area contributed by atoms with Crippen molar-refractivity contribution < 1.29 is 14.3 Å². The molecule has 0 aliphatic carbocycles. The van der Waals surface area contributed by atoms with Crippen LogP contribution in [0.3, 0.4) is 0 Å². The second-order valence-corrected chi connectivity index (χ2v) is 4.60. The Morgan fingerprint density at radius 1 is 1.58 bits per heavy atom. The van der Waals surface area contributed by atoms with Crippen molar-refractivity contribution in [3.63, 3.8) is 0 Å². The number of morpholine rings is 1. The van der Waals surface area contributed by atoms with Crippen LogP contribution in [0.15, 0.2) is 18.2 Å². The highest BCUT2D eigenvalue weighted by molar-refractivity contribution is 5.81. The van der Waals surface area contributed by atoms with Crippen LogP contribution in [0.1, 0.15) is 11.1 Å². The first kappa shape index (κ1) is 13.8. The van der Waals surface area contributed by atoms with Gasteiger partial charge < -0.3 is 20.1 Å². The van der Waals surface area contributed by atoms with Crippen molar-refractivity contribution in [2.45, 2.75) is 19.5 Å². The van der Waals surface area contributed by atoms with E-state index in [1.165, 1.54) is 0 Å². The number of carbonyl (C=O) groups excluding carboxylic acids is 1. The van der Waals surface area contributed by atoms with Crippen molar-refractivity contribution in [2.75, 3.05) is 26.9 Å². The Kier molecular flexibility index (Phi) is 4.76. The van der Waals surface area contributed by atoms with Crippen LogP contribution < -0.4 is 15.4 Å². The topological polar surface area (TPSA) is 59.6 Å². The highest BCUT2D eigenvalue weighted by Crippen LogP contribution is 2.18. The molecule has 1 atom stereocenters. The third-order valence-electron chi connectivity index (χ3n) is 3.16. The summed E-state index contributed by atoms with van der Waals surface area (Å²) in [7, 11) is 1.65. The molecule has 0 saturated carbocycles. The molecule has 1 aromatic carbocycles. The molecule has 1 fully saturated rings. The number of nitrogens with one attached hydrogen (secondary N) is 2. The zero-order chi connectivity index (χ0) is 13.7. The highest BCUT2D eigenvalue weighted by atomic mass is 16.5. The van der Waals surface area contributed by atoms with E-state index in [9.17, 15) is 4.79 Å². The molecule has 1 aliphatic heterocycles. The number of carbonyl (C=O) groups is 1. The fourth-order valence-corrected chi connectivity index (χ4v) is 2.10. The third kappa shape index (κ3) is 3.68. The van der Waals surface area contributed by atoms with E-state index in [2.05, 4.69) is 10.6 Å². The van der Waals surface area contributed by atoms with Crippen LogP contribution in [0, 0.1) is 6.92 Å². The minimum Gasteiger partial charge on any atom is -0.496 e. The molecular weight excluding hydrogens is 244 g/mol. The molecule has 0 bridgehead atoms. The van der Waals surface area contributed by atoms with E-state index in [1.807, 2.05) is 25.1 Å². The molecule has 0 radical (unpaired) electrons. The maximum Gasteiger partial charge on any atom is 0.239 e. The average Bonchev–Trinajstić information content (AvgIpc) is 2.46. The van der Waals surface area contributed by atoms with Crippen molar-refractivity contribution in [2.24, 2.45) is 0 Å². The number of aryl methyl sites for hydroxylation is 1. The van der Waals surface area contributed by atoms with Gasteiger partial charge in [-0.1, -0.05) is 12.1 Å². The summed E-state index contributed by atoms with van der Waals surface area (Å²) >= 11 is 0. The molecule has 1 amide bonds. The van der Waals surface area contributed by atoms with Gasteiger partial charge in [0.05, 0.1) is 20.3 Å². The Balaban J connectivity index is 1.87. The lowest BCUT2D eigenvalue weighted by Crippen LogP contribution is -2.51. The second kappa shape index (κ2) is 6.54. The molecule has 1 unspecified atom stereocenters. The van der Waals surface area contributed by atoms with Gasteiger partial charge in [-0.25, -0.2) is 0 Å². The van der Waals surface area contributed by atoms with Crippen molar-refractivity contribution in [3.05, 3.63) is 29.3 Å². The molecule has 5 nitrogen and oxygen atoms in total. The van der Waals surface area contributed by atoms with E-state index in [0.717, 1.165) is 23.4 Å². The predicted octanol–water partition coefficient (Wildman–Crippen LogP) is 0.608. The highest BCUT2D eigenvalue weighted by Gasteiger charge is 2.20. The normalized spacial score (nSPS) is 18.9. The van der Waals surface area contributed by atoms with Gasteiger partial charge in [-0.05, 0) is 24.1 Å². The second-order valence-electron chi connectivity index (χ2n) is 4.60. The smallest absolute Gasteiger partial charge is 0.239 e. The van der Waals surface area contributed by atoms with Crippen molar-refractivity contribution in [1.29, 1.82) is 0 Å². The standard InChI is InChI=1S/C14H20N2O3/c1-10-7-11(3-4-13(10)18-2)8-16-14(17)12-9-19-6-5-15-12/h3-4,7,12,15H,5-6,8-9H2,1-2H3,(H,16,17). The number of methoxy groups -OCH3 is 1. The van der Waals surface area contributed by atoms with Crippen molar-refractivity contribution in [3.8, 4) is 5.75 Å². The summed E-state index contributed by atoms with van der Waals surface area (Å²) in [4.78, 5) is 11.9. The fourth-order valence-electron chi connectivity index (χ4n) is 2.10. The molecule has 104 valence electrons. The zero-order valence-corrected chi connectivity index (χ0v) is 11.4. The SMILES string of the molecule is COc1ccc(CNC(=O)C2COCCN2)cc1C. The van der Waals surface area contributed by atoms with Crippen LogP contribution in [0.2, 0.25) is 0 Å². The summed E-state index contributed by atoms with van der Waals surface area (Å²) in [6, 6.07) is 5.65. The lowest BCUT2D eigenvalue weighted by atomic mass is 10.1. The average molecular weight is 264 g/mol. The molecule has 5 heteroatoms. The van der Waals surface area contributed by atoms with Crippen molar-refractivity contribution in [1.82, 2.24) is 10.6 Å². The summed E-state index contributed by atoms with van der Waals surface area (Å²) in [6.07, 6.45) is 0. The van der Waals surface area contributed by atoms with Gasteiger partial charge in [0.2, 0.25) is 5.91 Å². The van der Waals surface area contributed by atoms with E-state index in [-0.39, 0.29) is 11.9 Å². The first-order valence-electron chi connectivity index (χ1n) is 6.43. The first-order valence-corrected chi connectivity index (χ1v) is 6.43. The lowest BCUT2D eigenvalue weighted by molar-refractivity contribution is -0.126. The zero-order valence-electron chi connectivity index (χ0n) is 11.4. The van der Waals surface area contributed by atoms with Crippen LogP contribution in [0.4, 0.5) is 0 Å². The van der Waals surface area contributed by atoms with E-state index < -0.39 is 0 Å². The van der Waals surface area contributed by atoms with Gasteiger partial charge in [0.1, 0.15) is 11.8 Å².